The first-order valence-electron chi connectivity index (χ1n) is 12.3. The van der Waals surface area contributed by atoms with E-state index in [9.17, 15) is 9.59 Å². The zero-order valence-electron chi connectivity index (χ0n) is 20.4. The molecule has 2 aliphatic carbocycles. The number of hydrogen-bond donors (Lipinski definition) is 2. The zero-order chi connectivity index (χ0) is 24.6. The zero-order valence-corrected chi connectivity index (χ0v) is 20.4. The van der Waals surface area contributed by atoms with Gasteiger partial charge in [-0.25, -0.2) is 4.98 Å². The van der Waals surface area contributed by atoms with E-state index in [4.69, 9.17) is 4.52 Å². The molecule has 2 amide bonds. The molecule has 2 aliphatic rings. The van der Waals surface area contributed by atoms with E-state index in [2.05, 4.69) is 44.0 Å². The topological polar surface area (TPSA) is 110 Å². The van der Waals surface area contributed by atoms with Crippen molar-refractivity contribution in [2.45, 2.75) is 70.8 Å². The fourth-order valence-corrected chi connectivity index (χ4v) is 4.41. The van der Waals surface area contributed by atoms with Crippen LogP contribution in [0.2, 0.25) is 0 Å². The predicted octanol–water partition coefficient (Wildman–Crippen LogP) is 4.98. The van der Waals surface area contributed by atoms with E-state index >= 15 is 0 Å². The van der Waals surface area contributed by atoms with E-state index < -0.39 is 0 Å². The Labute approximate surface area is 204 Å². The molecule has 2 N–H and O–H groups in total. The second-order valence-electron chi connectivity index (χ2n) is 10.6. The standard InChI is InChI=1S/C27H31N5O3/c1-27(2,3)26-31-23(32-35-26)25(34)29-21-7-5-4-6-19-14-17(10-11-20(19)21)18-12-13-28-22(15-18)30-24(33)16-8-9-16/h10-16,21H,4-9H2,1-3H3,(H,29,34)(H,28,30,33)/t21-/m0/s1. The Morgan fingerprint density at radius 2 is 1.83 bits per heavy atom. The van der Waals surface area contributed by atoms with Crippen molar-refractivity contribution in [2.75, 3.05) is 5.32 Å². The first-order chi connectivity index (χ1) is 16.8. The summed E-state index contributed by atoms with van der Waals surface area (Å²) in [4.78, 5) is 33.6. The van der Waals surface area contributed by atoms with Gasteiger partial charge in [0, 0.05) is 17.5 Å². The fourth-order valence-electron chi connectivity index (χ4n) is 4.41. The van der Waals surface area contributed by atoms with E-state index in [0.29, 0.717) is 11.7 Å². The maximum atomic E-state index is 12.9. The lowest BCUT2D eigenvalue weighted by Gasteiger charge is -2.19. The number of fused-ring (bicyclic) bond motifs is 1. The summed E-state index contributed by atoms with van der Waals surface area (Å²) in [6, 6.07) is 10.1. The number of pyridine rings is 1. The highest BCUT2D eigenvalue weighted by Crippen LogP contribution is 2.34. The third-order valence-electron chi connectivity index (χ3n) is 6.58. The summed E-state index contributed by atoms with van der Waals surface area (Å²) in [5.74, 6) is 0.943. The molecule has 3 aromatic rings. The van der Waals surface area contributed by atoms with Gasteiger partial charge in [-0.05, 0) is 66.5 Å². The van der Waals surface area contributed by atoms with Crippen LogP contribution in [0.4, 0.5) is 5.82 Å². The first kappa shape index (κ1) is 23.2. The number of carbonyl (C=O) groups excluding carboxylic acids is 2. The fraction of sp³-hybridized carbons (Fsp3) is 0.444. The van der Waals surface area contributed by atoms with Crippen LogP contribution in [-0.2, 0) is 16.6 Å². The number of carbonyl (C=O) groups is 2. The molecule has 2 heterocycles. The van der Waals surface area contributed by atoms with Gasteiger partial charge in [-0.1, -0.05) is 50.5 Å². The number of anilines is 1. The van der Waals surface area contributed by atoms with Crippen LogP contribution >= 0.6 is 0 Å². The largest absolute Gasteiger partial charge is 0.342 e. The molecule has 0 spiro atoms. The van der Waals surface area contributed by atoms with Crippen molar-refractivity contribution in [1.29, 1.82) is 0 Å². The number of benzene rings is 1. The van der Waals surface area contributed by atoms with Gasteiger partial charge in [0.15, 0.2) is 0 Å². The van der Waals surface area contributed by atoms with Crippen molar-refractivity contribution in [3.63, 3.8) is 0 Å². The molecule has 0 radical (unpaired) electrons. The Balaban J connectivity index is 1.35. The van der Waals surface area contributed by atoms with Crippen molar-refractivity contribution in [3.05, 3.63) is 59.4 Å². The van der Waals surface area contributed by atoms with Crippen LogP contribution in [0.5, 0.6) is 0 Å². The van der Waals surface area contributed by atoms with Gasteiger partial charge < -0.3 is 15.2 Å². The average Bonchev–Trinajstić information content (AvgIpc) is 3.59. The average molecular weight is 474 g/mol. The van der Waals surface area contributed by atoms with Crippen LogP contribution in [0.25, 0.3) is 11.1 Å². The smallest absolute Gasteiger partial charge is 0.293 e. The van der Waals surface area contributed by atoms with Crippen molar-refractivity contribution >= 4 is 17.6 Å². The highest BCUT2D eigenvalue weighted by atomic mass is 16.5. The quantitative estimate of drug-likeness (QED) is 0.506. The molecule has 0 unspecified atom stereocenters. The Bertz CT molecular complexity index is 1260. The summed E-state index contributed by atoms with van der Waals surface area (Å²) in [6.45, 7) is 5.90. The molecule has 35 heavy (non-hydrogen) atoms. The molecule has 5 rings (SSSR count). The number of rotatable bonds is 5. The van der Waals surface area contributed by atoms with Crippen LogP contribution in [0.1, 0.15) is 86.6 Å². The predicted molar refractivity (Wildman–Crippen MR) is 132 cm³/mol. The van der Waals surface area contributed by atoms with Gasteiger partial charge >= 0.3 is 0 Å². The van der Waals surface area contributed by atoms with E-state index in [-0.39, 0.29) is 35.0 Å². The summed E-state index contributed by atoms with van der Waals surface area (Å²) < 4.78 is 5.30. The van der Waals surface area contributed by atoms with Crippen LogP contribution in [-0.4, -0.2) is 26.9 Å². The molecule has 0 saturated heterocycles. The second kappa shape index (κ2) is 9.24. The van der Waals surface area contributed by atoms with Crippen molar-refractivity contribution in [2.24, 2.45) is 5.92 Å². The normalized spacial score (nSPS) is 17.9. The van der Waals surface area contributed by atoms with Crippen molar-refractivity contribution < 1.29 is 14.1 Å². The van der Waals surface area contributed by atoms with Crippen LogP contribution < -0.4 is 10.6 Å². The number of aromatic nitrogens is 3. The maximum Gasteiger partial charge on any atom is 0.293 e. The van der Waals surface area contributed by atoms with Crippen LogP contribution in [0, 0.1) is 5.92 Å². The van der Waals surface area contributed by atoms with Gasteiger partial charge in [0.05, 0.1) is 6.04 Å². The number of hydrogen-bond acceptors (Lipinski definition) is 6. The van der Waals surface area contributed by atoms with Crippen LogP contribution in [0.15, 0.2) is 41.1 Å². The van der Waals surface area contributed by atoms with E-state index in [1.165, 1.54) is 5.56 Å². The molecule has 0 bridgehead atoms. The lowest BCUT2D eigenvalue weighted by molar-refractivity contribution is -0.117. The summed E-state index contributed by atoms with van der Waals surface area (Å²) in [5, 5.41) is 9.94. The monoisotopic (exact) mass is 473 g/mol. The van der Waals surface area contributed by atoms with Crippen LogP contribution in [0.3, 0.4) is 0 Å². The molecule has 1 fully saturated rings. The van der Waals surface area contributed by atoms with E-state index in [0.717, 1.165) is 55.2 Å². The minimum atomic E-state index is -0.323. The number of aryl methyl sites for hydroxylation is 1. The van der Waals surface area contributed by atoms with Gasteiger partial charge in [-0.3, -0.25) is 9.59 Å². The molecular formula is C27H31N5O3. The number of amides is 2. The highest BCUT2D eigenvalue weighted by Gasteiger charge is 2.30. The van der Waals surface area contributed by atoms with Gasteiger partial charge in [0.25, 0.3) is 11.7 Å². The lowest BCUT2D eigenvalue weighted by atomic mass is 9.94. The molecule has 1 aromatic carbocycles. The van der Waals surface area contributed by atoms with Gasteiger partial charge in [0.1, 0.15) is 5.82 Å². The minimum Gasteiger partial charge on any atom is -0.342 e. The molecule has 8 heteroatoms. The van der Waals surface area contributed by atoms with Crippen molar-refractivity contribution in [3.8, 4) is 11.1 Å². The number of nitrogens with zero attached hydrogens (tertiary/aromatic N) is 3. The molecule has 1 saturated carbocycles. The first-order valence-corrected chi connectivity index (χ1v) is 12.3. The molecule has 2 aromatic heterocycles. The molecule has 8 nitrogen and oxygen atoms in total. The van der Waals surface area contributed by atoms with Gasteiger partial charge in [-0.2, -0.15) is 4.98 Å². The maximum absolute atomic E-state index is 12.9. The molecule has 0 aliphatic heterocycles. The van der Waals surface area contributed by atoms with Crippen molar-refractivity contribution in [1.82, 2.24) is 20.4 Å². The Kier molecular flexibility index (Phi) is 6.13. The summed E-state index contributed by atoms with van der Waals surface area (Å²) in [5.41, 5.74) is 4.09. The lowest BCUT2D eigenvalue weighted by Crippen LogP contribution is -2.29. The molecule has 182 valence electrons. The van der Waals surface area contributed by atoms with Gasteiger partial charge in [0.2, 0.25) is 11.8 Å². The van der Waals surface area contributed by atoms with Gasteiger partial charge in [-0.15, -0.1) is 0 Å². The highest BCUT2D eigenvalue weighted by molar-refractivity contribution is 5.93. The summed E-state index contributed by atoms with van der Waals surface area (Å²) >= 11 is 0. The summed E-state index contributed by atoms with van der Waals surface area (Å²) in [7, 11) is 0. The molecule has 1 atom stereocenters. The Hall–Kier alpha value is -3.55. The SMILES string of the molecule is CC(C)(C)c1nc(C(=O)N[C@H]2CCCCc3cc(-c4ccnc(NC(=O)C5CC5)c4)ccc32)no1. The minimum absolute atomic E-state index is 0.0476. The van der Waals surface area contributed by atoms with E-state index in [1.807, 2.05) is 32.9 Å². The Morgan fingerprint density at radius 1 is 1.03 bits per heavy atom. The third-order valence-corrected chi connectivity index (χ3v) is 6.58. The summed E-state index contributed by atoms with van der Waals surface area (Å²) in [6.07, 6.45) is 7.51. The third kappa shape index (κ3) is 5.26. The molecular weight excluding hydrogens is 442 g/mol. The number of nitrogens with one attached hydrogen (secondary N) is 2. The second-order valence-corrected chi connectivity index (χ2v) is 10.6. The van der Waals surface area contributed by atoms with E-state index in [1.54, 1.807) is 6.20 Å². The Morgan fingerprint density at radius 3 is 2.57 bits per heavy atom.